The molecule has 3 nitrogen and oxygen atoms in total. The van der Waals surface area contributed by atoms with E-state index in [1.807, 2.05) is 30.6 Å². The van der Waals surface area contributed by atoms with Crippen LogP contribution < -0.4 is 5.73 Å². The Kier molecular flexibility index (Phi) is 4.71. The lowest BCUT2D eigenvalue weighted by molar-refractivity contribution is 0.737. The van der Waals surface area contributed by atoms with Crippen LogP contribution in [0.2, 0.25) is 10.0 Å². The van der Waals surface area contributed by atoms with Gasteiger partial charge in [-0.3, -0.25) is 0 Å². The van der Waals surface area contributed by atoms with E-state index in [4.69, 9.17) is 28.9 Å². The maximum Gasteiger partial charge on any atom is 0.0959 e. The van der Waals surface area contributed by atoms with Gasteiger partial charge in [0.1, 0.15) is 0 Å². The molecule has 2 N–H and O–H groups in total. The molecule has 0 unspecified atom stereocenters. The van der Waals surface area contributed by atoms with Crippen LogP contribution in [0.25, 0.3) is 11.3 Å². The zero-order valence-electron chi connectivity index (χ0n) is 12.8. The molecule has 0 bridgehead atoms. The molecule has 0 aliphatic carbocycles. The Bertz CT molecular complexity index is 840. The summed E-state index contributed by atoms with van der Waals surface area (Å²) >= 11 is 12.3. The Labute approximate surface area is 145 Å². The van der Waals surface area contributed by atoms with Gasteiger partial charge in [-0.1, -0.05) is 47.5 Å². The molecule has 0 spiro atoms. The van der Waals surface area contributed by atoms with Gasteiger partial charge in [-0.05, 0) is 36.2 Å². The van der Waals surface area contributed by atoms with Gasteiger partial charge in [-0.15, -0.1) is 0 Å². The highest BCUT2D eigenvalue weighted by Gasteiger charge is 2.15. The fraction of sp³-hybridized carbons (Fsp3) is 0.167. The van der Waals surface area contributed by atoms with Crippen molar-refractivity contribution in [3.05, 3.63) is 75.7 Å². The maximum atomic E-state index is 6.31. The molecule has 3 aromatic rings. The van der Waals surface area contributed by atoms with E-state index >= 15 is 0 Å². The third-order valence-electron chi connectivity index (χ3n) is 3.93. The summed E-state index contributed by atoms with van der Waals surface area (Å²) in [5.41, 5.74) is 11.1. The first-order valence-electron chi connectivity index (χ1n) is 7.34. The van der Waals surface area contributed by atoms with Crippen LogP contribution in [0.5, 0.6) is 0 Å². The lowest BCUT2D eigenvalue weighted by Gasteiger charge is -2.11. The van der Waals surface area contributed by atoms with E-state index in [2.05, 4.69) is 28.6 Å². The van der Waals surface area contributed by atoms with Crippen molar-refractivity contribution < 1.29 is 0 Å². The Hall–Kier alpha value is -1.81. The normalized spacial score (nSPS) is 11.0. The van der Waals surface area contributed by atoms with Gasteiger partial charge in [-0.2, -0.15) is 0 Å². The zero-order valence-corrected chi connectivity index (χ0v) is 14.3. The van der Waals surface area contributed by atoms with E-state index in [9.17, 15) is 0 Å². The van der Waals surface area contributed by atoms with Crippen molar-refractivity contribution in [1.82, 2.24) is 9.55 Å². The van der Waals surface area contributed by atoms with E-state index < -0.39 is 0 Å². The van der Waals surface area contributed by atoms with Crippen LogP contribution >= 0.6 is 23.2 Å². The summed E-state index contributed by atoms with van der Waals surface area (Å²) in [4.78, 5) is 4.53. The number of halogens is 2. The fourth-order valence-electron chi connectivity index (χ4n) is 2.64. The van der Waals surface area contributed by atoms with Crippen LogP contribution in [0.4, 0.5) is 0 Å². The third kappa shape index (κ3) is 3.27. The fourth-order valence-corrected chi connectivity index (χ4v) is 3.13. The van der Waals surface area contributed by atoms with Crippen LogP contribution in [-0.4, -0.2) is 9.55 Å². The summed E-state index contributed by atoms with van der Waals surface area (Å²) in [7, 11) is 0. The third-order valence-corrected chi connectivity index (χ3v) is 4.48. The minimum Gasteiger partial charge on any atom is -0.328 e. The molecule has 0 radical (unpaired) electrons. The van der Waals surface area contributed by atoms with E-state index in [-0.39, 0.29) is 0 Å². The quantitative estimate of drug-likeness (QED) is 0.746. The van der Waals surface area contributed by atoms with Crippen molar-refractivity contribution in [3.8, 4) is 11.3 Å². The average Bonchev–Trinajstić information content (AvgIpc) is 2.92. The average molecular weight is 346 g/mol. The minimum atomic E-state index is 0.389. The summed E-state index contributed by atoms with van der Waals surface area (Å²) < 4.78 is 2.07. The predicted molar refractivity (Wildman–Crippen MR) is 95.9 cm³/mol. The van der Waals surface area contributed by atoms with Crippen LogP contribution in [0.3, 0.4) is 0 Å². The summed E-state index contributed by atoms with van der Waals surface area (Å²) in [5.74, 6) is 0. The number of nitrogens with two attached hydrogens (primary N) is 1. The van der Waals surface area contributed by atoms with Gasteiger partial charge < -0.3 is 10.3 Å². The molecule has 1 heterocycles. The lowest BCUT2D eigenvalue weighted by atomic mass is 10.1. The van der Waals surface area contributed by atoms with Gasteiger partial charge in [0.05, 0.1) is 22.7 Å². The van der Waals surface area contributed by atoms with Gasteiger partial charge in [0.15, 0.2) is 0 Å². The highest BCUT2D eigenvalue weighted by atomic mass is 35.5. The highest BCUT2D eigenvalue weighted by molar-refractivity contribution is 6.36. The van der Waals surface area contributed by atoms with Crippen molar-refractivity contribution >= 4 is 23.2 Å². The lowest BCUT2D eigenvalue weighted by Crippen LogP contribution is -2.09. The van der Waals surface area contributed by atoms with Crippen molar-refractivity contribution in [2.45, 2.75) is 20.0 Å². The van der Waals surface area contributed by atoms with Gasteiger partial charge in [0, 0.05) is 23.7 Å². The summed E-state index contributed by atoms with van der Waals surface area (Å²) in [6.45, 7) is 3.23. The molecule has 2 aromatic carbocycles. The SMILES string of the molecule is Cc1ccccc1Cn1cnc(-c2ccc(Cl)cc2Cl)c1CN. The first-order chi connectivity index (χ1) is 11.1. The molecule has 0 saturated carbocycles. The second kappa shape index (κ2) is 6.75. The molecule has 0 fully saturated rings. The Balaban J connectivity index is 2.02. The van der Waals surface area contributed by atoms with Gasteiger partial charge in [-0.25, -0.2) is 4.98 Å². The molecule has 0 aliphatic rings. The molecule has 5 heteroatoms. The summed E-state index contributed by atoms with van der Waals surface area (Å²) in [6, 6.07) is 13.7. The minimum absolute atomic E-state index is 0.389. The number of aryl methyl sites for hydroxylation is 1. The maximum absolute atomic E-state index is 6.31. The largest absolute Gasteiger partial charge is 0.328 e. The zero-order chi connectivity index (χ0) is 16.4. The monoisotopic (exact) mass is 345 g/mol. The Morgan fingerprint density at radius 3 is 2.61 bits per heavy atom. The van der Waals surface area contributed by atoms with Gasteiger partial charge >= 0.3 is 0 Å². The van der Waals surface area contributed by atoms with Gasteiger partial charge in [0.25, 0.3) is 0 Å². The molecule has 23 heavy (non-hydrogen) atoms. The number of imidazole rings is 1. The van der Waals surface area contributed by atoms with Crippen LogP contribution in [0, 0.1) is 6.92 Å². The van der Waals surface area contributed by atoms with Crippen LogP contribution in [-0.2, 0) is 13.1 Å². The Morgan fingerprint density at radius 1 is 1.13 bits per heavy atom. The summed E-state index contributed by atoms with van der Waals surface area (Å²) in [5, 5.41) is 1.18. The Morgan fingerprint density at radius 2 is 1.91 bits per heavy atom. The molecule has 0 aliphatic heterocycles. The van der Waals surface area contributed by atoms with Crippen LogP contribution in [0.1, 0.15) is 16.8 Å². The second-order valence-electron chi connectivity index (χ2n) is 5.42. The number of hydrogen-bond donors (Lipinski definition) is 1. The number of benzene rings is 2. The number of hydrogen-bond acceptors (Lipinski definition) is 2. The molecular weight excluding hydrogens is 329 g/mol. The second-order valence-corrected chi connectivity index (χ2v) is 6.27. The van der Waals surface area contributed by atoms with E-state index in [0.29, 0.717) is 16.6 Å². The first-order valence-corrected chi connectivity index (χ1v) is 8.09. The van der Waals surface area contributed by atoms with Crippen molar-refractivity contribution in [2.24, 2.45) is 5.73 Å². The van der Waals surface area contributed by atoms with Crippen molar-refractivity contribution in [1.29, 1.82) is 0 Å². The van der Waals surface area contributed by atoms with E-state index in [1.54, 1.807) is 6.07 Å². The number of nitrogens with zero attached hydrogens (tertiary/aromatic N) is 2. The summed E-state index contributed by atoms with van der Waals surface area (Å²) in [6.07, 6.45) is 1.81. The number of aromatic nitrogens is 2. The molecule has 118 valence electrons. The van der Waals surface area contributed by atoms with Crippen molar-refractivity contribution in [3.63, 3.8) is 0 Å². The first kappa shape index (κ1) is 16.1. The van der Waals surface area contributed by atoms with Gasteiger partial charge in [0.2, 0.25) is 0 Å². The highest BCUT2D eigenvalue weighted by Crippen LogP contribution is 2.31. The topological polar surface area (TPSA) is 43.8 Å². The molecular formula is C18H17Cl2N3. The predicted octanol–water partition coefficient (Wildman–Crippen LogP) is 4.67. The van der Waals surface area contributed by atoms with E-state index in [1.165, 1.54) is 11.1 Å². The van der Waals surface area contributed by atoms with Crippen LogP contribution in [0.15, 0.2) is 48.8 Å². The molecule has 0 amide bonds. The van der Waals surface area contributed by atoms with E-state index in [0.717, 1.165) is 23.5 Å². The molecule has 0 atom stereocenters. The molecule has 0 saturated heterocycles. The molecule has 3 rings (SSSR count). The standard InChI is InChI=1S/C18H17Cl2N3/c1-12-4-2-3-5-13(12)10-23-11-22-18(17(23)9-21)15-7-6-14(19)8-16(15)20/h2-8,11H,9-10,21H2,1H3. The smallest absolute Gasteiger partial charge is 0.0959 e. The van der Waals surface area contributed by atoms with Crippen molar-refractivity contribution in [2.75, 3.05) is 0 Å². The molecule has 1 aromatic heterocycles. The number of rotatable bonds is 4.